The average Bonchev–Trinajstić information content (AvgIpc) is 2.38. The number of benzene rings is 1. The highest BCUT2D eigenvalue weighted by molar-refractivity contribution is 8.02. The molecule has 0 amide bonds. The van der Waals surface area contributed by atoms with E-state index in [2.05, 4.69) is 4.74 Å². The Hall–Kier alpha value is -1.62. The van der Waals surface area contributed by atoms with E-state index < -0.39 is 0 Å². The maximum Gasteiger partial charge on any atom is 0.330 e. The minimum atomic E-state index is -0.366. The number of hydrogen-bond donors (Lipinski definition) is 0. The predicted molar refractivity (Wildman–Crippen MR) is 64.4 cm³/mol. The number of hydrogen-bond acceptors (Lipinski definition) is 5. The van der Waals surface area contributed by atoms with E-state index >= 15 is 0 Å². The maximum atomic E-state index is 10.9. The third kappa shape index (κ3) is 3.17. The quantitative estimate of drug-likeness (QED) is 0.469. The molecule has 1 aliphatic rings. The van der Waals surface area contributed by atoms with Gasteiger partial charge in [-0.1, -0.05) is 11.8 Å². The monoisotopic (exact) mass is 252 g/mol. The third-order valence-corrected chi connectivity index (χ3v) is 2.92. The molecule has 0 aliphatic carbocycles. The first-order chi connectivity index (χ1) is 8.29. The fourth-order valence-electron chi connectivity index (χ4n) is 1.33. The molecule has 0 unspecified atom stereocenters. The SMILES string of the molecule is COC(=O)C=CSc1ccc2c(c1)OCCO2. The molecule has 0 saturated heterocycles. The fraction of sp³-hybridized carbons (Fsp3) is 0.250. The van der Waals surface area contributed by atoms with Gasteiger partial charge in [0.2, 0.25) is 0 Å². The minimum Gasteiger partial charge on any atom is -0.486 e. The summed E-state index contributed by atoms with van der Waals surface area (Å²) < 4.78 is 15.4. The molecule has 0 aromatic heterocycles. The first-order valence-corrected chi connectivity index (χ1v) is 5.98. The zero-order valence-electron chi connectivity index (χ0n) is 9.34. The second-order valence-corrected chi connectivity index (χ2v) is 4.23. The van der Waals surface area contributed by atoms with Gasteiger partial charge in [-0.05, 0) is 23.6 Å². The Morgan fingerprint density at radius 2 is 2.12 bits per heavy atom. The molecular formula is C12H12O4S. The lowest BCUT2D eigenvalue weighted by Gasteiger charge is -2.18. The van der Waals surface area contributed by atoms with Crippen molar-refractivity contribution in [1.29, 1.82) is 0 Å². The van der Waals surface area contributed by atoms with Gasteiger partial charge in [-0.2, -0.15) is 0 Å². The van der Waals surface area contributed by atoms with E-state index in [1.807, 2.05) is 18.2 Å². The normalized spacial score (nSPS) is 13.7. The van der Waals surface area contributed by atoms with Crippen LogP contribution in [0, 0.1) is 0 Å². The largest absolute Gasteiger partial charge is 0.486 e. The summed E-state index contributed by atoms with van der Waals surface area (Å²) >= 11 is 1.42. The highest BCUT2D eigenvalue weighted by atomic mass is 32.2. The molecule has 0 atom stereocenters. The molecule has 0 saturated carbocycles. The molecule has 17 heavy (non-hydrogen) atoms. The average molecular weight is 252 g/mol. The lowest BCUT2D eigenvalue weighted by atomic mass is 10.3. The molecular weight excluding hydrogens is 240 g/mol. The van der Waals surface area contributed by atoms with Crippen LogP contribution in [-0.4, -0.2) is 26.3 Å². The van der Waals surface area contributed by atoms with Gasteiger partial charge in [0.1, 0.15) is 13.2 Å². The summed E-state index contributed by atoms with van der Waals surface area (Å²) in [6, 6.07) is 5.67. The van der Waals surface area contributed by atoms with Crippen molar-refractivity contribution in [2.24, 2.45) is 0 Å². The molecule has 1 aromatic rings. The summed E-state index contributed by atoms with van der Waals surface area (Å²) in [6.07, 6.45) is 1.38. The minimum absolute atomic E-state index is 0.366. The first-order valence-electron chi connectivity index (χ1n) is 5.10. The van der Waals surface area contributed by atoms with E-state index in [0.717, 1.165) is 16.4 Å². The molecule has 4 nitrogen and oxygen atoms in total. The van der Waals surface area contributed by atoms with Gasteiger partial charge in [-0.25, -0.2) is 4.79 Å². The predicted octanol–water partition coefficient (Wildman–Crippen LogP) is 2.24. The van der Waals surface area contributed by atoms with Crippen molar-refractivity contribution in [2.45, 2.75) is 4.90 Å². The summed E-state index contributed by atoms with van der Waals surface area (Å²) in [5.74, 6) is 1.14. The summed E-state index contributed by atoms with van der Waals surface area (Å²) in [5.41, 5.74) is 0. The van der Waals surface area contributed by atoms with E-state index in [1.54, 1.807) is 5.41 Å². The van der Waals surface area contributed by atoms with Crippen molar-refractivity contribution in [1.82, 2.24) is 0 Å². The van der Waals surface area contributed by atoms with Gasteiger partial charge in [-0.15, -0.1) is 0 Å². The number of thioether (sulfide) groups is 1. The van der Waals surface area contributed by atoms with Gasteiger partial charge in [-0.3, -0.25) is 0 Å². The lowest BCUT2D eigenvalue weighted by Crippen LogP contribution is -2.15. The standard InChI is InChI=1S/C12H12O4S/c1-14-12(13)4-7-17-9-2-3-10-11(8-9)16-6-5-15-10/h2-4,7-8H,5-6H2,1H3. The molecule has 0 radical (unpaired) electrons. The number of methoxy groups -OCH3 is 1. The van der Waals surface area contributed by atoms with Gasteiger partial charge in [0.05, 0.1) is 7.11 Å². The van der Waals surface area contributed by atoms with Gasteiger partial charge < -0.3 is 14.2 Å². The van der Waals surface area contributed by atoms with Gasteiger partial charge >= 0.3 is 5.97 Å². The molecule has 1 aromatic carbocycles. The van der Waals surface area contributed by atoms with E-state index in [4.69, 9.17) is 9.47 Å². The molecule has 0 fully saturated rings. The van der Waals surface area contributed by atoms with E-state index in [0.29, 0.717) is 13.2 Å². The molecule has 1 heterocycles. The summed E-state index contributed by atoms with van der Waals surface area (Å²) in [4.78, 5) is 11.8. The summed E-state index contributed by atoms with van der Waals surface area (Å²) in [7, 11) is 1.35. The van der Waals surface area contributed by atoms with E-state index in [1.165, 1.54) is 24.9 Å². The van der Waals surface area contributed by atoms with Crippen molar-refractivity contribution in [3.05, 3.63) is 29.7 Å². The Morgan fingerprint density at radius 1 is 1.35 bits per heavy atom. The molecule has 5 heteroatoms. The van der Waals surface area contributed by atoms with Crippen LogP contribution in [0.25, 0.3) is 0 Å². The first kappa shape index (κ1) is 11.9. The topological polar surface area (TPSA) is 44.8 Å². The molecule has 0 spiro atoms. The molecule has 2 rings (SSSR count). The Morgan fingerprint density at radius 3 is 2.88 bits per heavy atom. The second kappa shape index (κ2) is 5.63. The molecule has 1 aliphatic heterocycles. The van der Waals surface area contributed by atoms with Crippen molar-refractivity contribution in [3.63, 3.8) is 0 Å². The summed E-state index contributed by atoms with van der Waals surface area (Å²) in [5, 5.41) is 1.68. The van der Waals surface area contributed by atoms with Crippen LogP contribution < -0.4 is 9.47 Å². The lowest BCUT2D eigenvalue weighted by molar-refractivity contribution is -0.134. The van der Waals surface area contributed by atoms with Crippen molar-refractivity contribution < 1.29 is 19.0 Å². The Labute approximate surface area is 104 Å². The number of carbonyl (C=O) groups excluding carboxylic acids is 1. The highest BCUT2D eigenvalue weighted by Crippen LogP contribution is 2.34. The van der Waals surface area contributed by atoms with Crippen LogP contribution in [0.1, 0.15) is 0 Å². The van der Waals surface area contributed by atoms with Crippen LogP contribution in [0.2, 0.25) is 0 Å². The Bertz CT molecular complexity index is 442. The van der Waals surface area contributed by atoms with Crippen LogP contribution >= 0.6 is 11.8 Å². The van der Waals surface area contributed by atoms with Crippen LogP contribution in [0.3, 0.4) is 0 Å². The number of ether oxygens (including phenoxy) is 3. The van der Waals surface area contributed by atoms with Crippen LogP contribution in [0.5, 0.6) is 11.5 Å². The summed E-state index contributed by atoms with van der Waals surface area (Å²) in [6.45, 7) is 1.15. The number of fused-ring (bicyclic) bond motifs is 1. The zero-order chi connectivity index (χ0) is 12.1. The number of rotatable bonds is 3. The fourth-order valence-corrected chi connectivity index (χ4v) is 1.99. The smallest absolute Gasteiger partial charge is 0.330 e. The van der Waals surface area contributed by atoms with Crippen LogP contribution in [0.15, 0.2) is 34.6 Å². The van der Waals surface area contributed by atoms with Crippen LogP contribution in [-0.2, 0) is 9.53 Å². The third-order valence-electron chi connectivity index (χ3n) is 2.12. The molecule has 0 N–H and O–H groups in total. The van der Waals surface area contributed by atoms with Gasteiger partial charge in [0.15, 0.2) is 11.5 Å². The maximum absolute atomic E-state index is 10.9. The van der Waals surface area contributed by atoms with Crippen molar-refractivity contribution in [2.75, 3.05) is 20.3 Å². The van der Waals surface area contributed by atoms with Gasteiger partial charge in [0.25, 0.3) is 0 Å². The highest BCUT2D eigenvalue weighted by Gasteiger charge is 2.11. The van der Waals surface area contributed by atoms with Gasteiger partial charge in [0, 0.05) is 11.0 Å². The molecule has 0 bridgehead atoms. The van der Waals surface area contributed by atoms with Crippen molar-refractivity contribution >= 4 is 17.7 Å². The number of carbonyl (C=O) groups is 1. The zero-order valence-corrected chi connectivity index (χ0v) is 10.2. The Kier molecular flexibility index (Phi) is 3.93. The molecule has 90 valence electrons. The van der Waals surface area contributed by atoms with Crippen molar-refractivity contribution in [3.8, 4) is 11.5 Å². The second-order valence-electron chi connectivity index (χ2n) is 3.25. The van der Waals surface area contributed by atoms with E-state index in [9.17, 15) is 4.79 Å². The van der Waals surface area contributed by atoms with Crippen LogP contribution in [0.4, 0.5) is 0 Å². The van der Waals surface area contributed by atoms with E-state index in [-0.39, 0.29) is 5.97 Å². The Balaban J connectivity index is 2.02. The number of esters is 1.